The van der Waals surface area contributed by atoms with Gasteiger partial charge in [0.1, 0.15) is 5.75 Å². The zero-order valence-corrected chi connectivity index (χ0v) is 10.3. The highest BCUT2D eigenvalue weighted by atomic mass is 16.5. The average Bonchev–Trinajstić information content (AvgIpc) is 2.20. The van der Waals surface area contributed by atoms with Gasteiger partial charge in [0.15, 0.2) is 0 Å². The first kappa shape index (κ1) is 13.0. The molecule has 1 nitrogen and oxygen atoms in total. The van der Waals surface area contributed by atoms with Gasteiger partial charge in [0.2, 0.25) is 0 Å². The molecule has 0 N–H and O–H groups in total. The van der Waals surface area contributed by atoms with Crippen molar-refractivity contribution in [1.82, 2.24) is 0 Å². The van der Waals surface area contributed by atoms with Gasteiger partial charge in [-0.15, -0.1) is 0 Å². The van der Waals surface area contributed by atoms with E-state index in [9.17, 15) is 0 Å². The Morgan fingerprint density at radius 3 is 1.79 bits per heavy atom. The summed E-state index contributed by atoms with van der Waals surface area (Å²) >= 11 is 0. The fourth-order valence-electron chi connectivity index (χ4n) is 1.63. The van der Waals surface area contributed by atoms with Crippen LogP contribution in [0.1, 0.15) is 37.5 Å². The fraction of sp³-hybridized carbons (Fsp3) is 0.538. The summed E-state index contributed by atoms with van der Waals surface area (Å²) in [5.74, 6) is 0.960. The van der Waals surface area contributed by atoms with Crippen LogP contribution in [0, 0.1) is 13.8 Å². The van der Waals surface area contributed by atoms with Gasteiger partial charge < -0.3 is 4.74 Å². The number of benzene rings is 1. The van der Waals surface area contributed by atoms with Crippen LogP contribution < -0.4 is 4.74 Å². The van der Waals surface area contributed by atoms with Gasteiger partial charge in [0.05, 0.1) is 7.11 Å². The van der Waals surface area contributed by atoms with Crippen molar-refractivity contribution in [3.8, 4) is 5.75 Å². The lowest BCUT2D eigenvalue weighted by molar-refractivity contribution is 0.414. The number of hydrogen-bond donors (Lipinski definition) is 0. The highest BCUT2D eigenvalue weighted by molar-refractivity contribution is 5.40. The molecule has 0 bridgehead atoms. The van der Waals surface area contributed by atoms with Crippen LogP contribution in [-0.2, 0) is 6.42 Å². The Morgan fingerprint density at radius 1 is 1.07 bits per heavy atom. The fourth-order valence-corrected chi connectivity index (χ4v) is 1.63. The molecule has 0 radical (unpaired) electrons. The Bertz CT molecular complexity index is 254. The number of rotatable bonds is 2. The van der Waals surface area contributed by atoms with Crippen molar-refractivity contribution >= 4 is 0 Å². The normalized spacial score (nSPS) is 9.00. The molecule has 0 amide bonds. The summed E-state index contributed by atoms with van der Waals surface area (Å²) in [7, 11) is 1.71. The van der Waals surface area contributed by atoms with Gasteiger partial charge in [-0.05, 0) is 49.1 Å². The summed E-state index contributed by atoms with van der Waals surface area (Å²) in [5, 5.41) is 0. The molecule has 0 aliphatic rings. The molecular formula is C13H22O. The zero-order chi connectivity index (χ0) is 11.1. The molecule has 80 valence electrons. The molecular weight excluding hydrogens is 172 g/mol. The van der Waals surface area contributed by atoms with E-state index in [2.05, 4.69) is 32.9 Å². The minimum atomic E-state index is 0.960. The van der Waals surface area contributed by atoms with E-state index in [1.807, 2.05) is 13.8 Å². The first-order valence-corrected chi connectivity index (χ1v) is 5.33. The van der Waals surface area contributed by atoms with Crippen molar-refractivity contribution in [3.05, 3.63) is 28.8 Å². The second kappa shape index (κ2) is 6.47. The van der Waals surface area contributed by atoms with Crippen LogP contribution in [-0.4, -0.2) is 7.11 Å². The molecule has 0 saturated heterocycles. The molecule has 0 heterocycles. The Hall–Kier alpha value is -0.980. The summed E-state index contributed by atoms with van der Waals surface area (Å²) in [6.07, 6.45) is 1.10. The van der Waals surface area contributed by atoms with E-state index in [1.54, 1.807) is 7.11 Å². The lowest BCUT2D eigenvalue weighted by Crippen LogP contribution is -1.93. The summed E-state index contributed by atoms with van der Waals surface area (Å²) in [6.45, 7) is 10.4. The maximum Gasteiger partial charge on any atom is 0.119 e. The predicted octanol–water partition coefficient (Wildman–Crippen LogP) is 3.90. The molecule has 1 heteroatoms. The van der Waals surface area contributed by atoms with E-state index < -0.39 is 0 Å². The van der Waals surface area contributed by atoms with Crippen LogP contribution in [0.4, 0.5) is 0 Å². The van der Waals surface area contributed by atoms with Gasteiger partial charge in [0.25, 0.3) is 0 Å². The van der Waals surface area contributed by atoms with Gasteiger partial charge >= 0.3 is 0 Å². The first-order valence-electron chi connectivity index (χ1n) is 5.33. The van der Waals surface area contributed by atoms with Gasteiger partial charge in [0, 0.05) is 0 Å². The Labute approximate surface area is 88.1 Å². The maximum atomic E-state index is 5.18. The molecule has 1 aromatic carbocycles. The lowest BCUT2D eigenvalue weighted by Gasteiger charge is -2.09. The summed E-state index contributed by atoms with van der Waals surface area (Å²) in [4.78, 5) is 0. The molecule has 0 spiro atoms. The van der Waals surface area contributed by atoms with Crippen LogP contribution in [0.25, 0.3) is 0 Å². The number of ether oxygens (including phenoxy) is 1. The van der Waals surface area contributed by atoms with E-state index in [4.69, 9.17) is 4.74 Å². The summed E-state index contributed by atoms with van der Waals surface area (Å²) in [5.41, 5.74) is 4.10. The summed E-state index contributed by atoms with van der Waals surface area (Å²) < 4.78 is 5.18. The second-order valence-electron chi connectivity index (χ2n) is 3.09. The van der Waals surface area contributed by atoms with Gasteiger partial charge in [-0.25, -0.2) is 0 Å². The van der Waals surface area contributed by atoms with E-state index >= 15 is 0 Å². The molecule has 0 unspecified atom stereocenters. The largest absolute Gasteiger partial charge is 0.497 e. The minimum absolute atomic E-state index is 0.960. The van der Waals surface area contributed by atoms with E-state index in [-0.39, 0.29) is 0 Å². The van der Waals surface area contributed by atoms with Gasteiger partial charge in [-0.1, -0.05) is 20.8 Å². The van der Waals surface area contributed by atoms with E-state index in [0.717, 1.165) is 12.2 Å². The molecule has 1 aromatic rings. The minimum Gasteiger partial charge on any atom is -0.497 e. The number of hydrogen-bond acceptors (Lipinski definition) is 1. The molecule has 14 heavy (non-hydrogen) atoms. The van der Waals surface area contributed by atoms with Crippen molar-refractivity contribution < 1.29 is 4.74 Å². The third-order valence-corrected chi connectivity index (χ3v) is 2.26. The first-order chi connectivity index (χ1) is 6.69. The van der Waals surface area contributed by atoms with Crippen molar-refractivity contribution in [2.24, 2.45) is 0 Å². The highest BCUT2D eigenvalue weighted by Gasteiger charge is 2.02. The third-order valence-electron chi connectivity index (χ3n) is 2.26. The Balaban J connectivity index is 0.000000791. The monoisotopic (exact) mass is 194 g/mol. The van der Waals surface area contributed by atoms with E-state index in [0.29, 0.717) is 0 Å². The van der Waals surface area contributed by atoms with Gasteiger partial charge in [-0.2, -0.15) is 0 Å². The highest BCUT2D eigenvalue weighted by Crippen LogP contribution is 2.21. The van der Waals surface area contributed by atoms with Crippen molar-refractivity contribution in [2.45, 2.75) is 41.0 Å². The quantitative estimate of drug-likeness (QED) is 0.693. The second-order valence-corrected chi connectivity index (χ2v) is 3.09. The molecule has 0 aliphatic heterocycles. The zero-order valence-electron chi connectivity index (χ0n) is 10.3. The van der Waals surface area contributed by atoms with Crippen LogP contribution >= 0.6 is 0 Å². The molecule has 0 aliphatic carbocycles. The number of aryl methyl sites for hydroxylation is 2. The smallest absolute Gasteiger partial charge is 0.119 e. The maximum absolute atomic E-state index is 5.18. The topological polar surface area (TPSA) is 9.23 Å². The summed E-state index contributed by atoms with van der Waals surface area (Å²) in [6, 6.07) is 4.18. The SMILES string of the molecule is CC.CCc1c(C)cc(OC)cc1C. The predicted molar refractivity (Wildman–Crippen MR) is 63.2 cm³/mol. The molecule has 1 rings (SSSR count). The number of methoxy groups -OCH3 is 1. The van der Waals surface area contributed by atoms with Crippen molar-refractivity contribution in [2.75, 3.05) is 7.11 Å². The lowest BCUT2D eigenvalue weighted by atomic mass is 10.0. The van der Waals surface area contributed by atoms with Gasteiger partial charge in [-0.3, -0.25) is 0 Å². The average molecular weight is 194 g/mol. The van der Waals surface area contributed by atoms with Crippen molar-refractivity contribution in [1.29, 1.82) is 0 Å². The molecule has 0 aromatic heterocycles. The van der Waals surface area contributed by atoms with Crippen LogP contribution in [0.3, 0.4) is 0 Å². The standard InChI is InChI=1S/C11H16O.C2H6/c1-5-11-8(2)6-10(12-4)7-9(11)3;1-2/h6-7H,5H2,1-4H3;1-2H3. The molecule has 0 fully saturated rings. The molecule has 0 atom stereocenters. The third kappa shape index (κ3) is 3.06. The Morgan fingerprint density at radius 2 is 1.50 bits per heavy atom. The van der Waals surface area contributed by atoms with Crippen LogP contribution in [0.5, 0.6) is 5.75 Å². The molecule has 0 saturated carbocycles. The Kier molecular flexibility index (Phi) is 6.02. The van der Waals surface area contributed by atoms with E-state index in [1.165, 1.54) is 16.7 Å². The van der Waals surface area contributed by atoms with Crippen LogP contribution in [0.2, 0.25) is 0 Å². The van der Waals surface area contributed by atoms with Crippen molar-refractivity contribution in [3.63, 3.8) is 0 Å². The van der Waals surface area contributed by atoms with Crippen LogP contribution in [0.15, 0.2) is 12.1 Å².